The summed E-state index contributed by atoms with van der Waals surface area (Å²) in [5, 5.41) is 45.4. The fourth-order valence-electron chi connectivity index (χ4n) is 17.2. The van der Waals surface area contributed by atoms with Crippen molar-refractivity contribution >= 4 is 58.3 Å². The Morgan fingerprint density at radius 2 is 0.989 bits per heavy atom. The summed E-state index contributed by atoms with van der Waals surface area (Å²) >= 11 is 12.9. The van der Waals surface area contributed by atoms with Crippen LogP contribution in [0.2, 0.25) is 10.0 Å². The number of aliphatic hydroxyl groups is 2. The Kier molecular flexibility index (Phi) is 17.1. The zero-order chi connectivity index (χ0) is 61.3. The molecule has 14 rings (SSSR count). The Labute approximate surface area is 526 Å². The first kappa shape index (κ1) is 61.2. The summed E-state index contributed by atoms with van der Waals surface area (Å²) in [6, 6.07) is 22.7. The van der Waals surface area contributed by atoms with Crippen molar-refractivity contribution in [1.82, 2.24) is 9.80 Å². The number of hydrogen-bond donors (Lipinski definition) is 4. The molecule has 4 aromatic rings. The normalized spacial score (nSPS) is 33.8. The van der Waals surface area contributed by atoms with E-state index in [1.165, 1.54) is 22.3 Å². The highest BCUT2D eigenvalue weighted by Crippen LogP contribution is 2.52. The molecule has 472 valence electrons. The van der Waals surface area contributed by atoms with Gasteiger partial charge in [0.1, 0.15) is 11.5 Å². The van der Waals surface area contributed by atoms with Gasteiger partial charge in [0, 0.05) is 87.5 Å². The summed E-state index contributed by atoms with van der Waals surface area (Å²) in [5.74, 6) is 0.437. The molecule has 18 heteroatoms. The minimum Gasteiger partial charge on any atom is -0.490 e. The van der Waals surface area contributed by atoms with Gasteiger partial charge in [-0.2, -0.15) is 0 Å². The van der Waals surface area contributed by atoms with E-state index >= 15 is 0 Å². The number of carbonyl (C=O) groups is 4. The molecule has 6 heterocycles. The molecule has 8 bridgehead atoms. The minimum absolute atomic E-state index is 0.198. The molecule has 0 radical (unpaired) electrons. The molecule has 4 aromatic carbocycles. The van der Waals surface area contributed by atoms with Gasteiger partial charge in [0.2, 0.25) is 11.8 Å². The number of carboxylic acid groups (broad SMARTS) is 2. The molecule has 4 N–H and O–H groups in total. The molecule has 16 nitrogen and oxygen atoms in total. The van der Waals surface area contributed by atoms with E-state index in [-0.39, 0.29) is 46.0 Å². The van der Waals surface area contributed by atoms with Crippen molar-refractivity contribution in [2.24, 2.45) is 35.5 Å². The first-order valence-corrected chi connectivity index (χ1v) is 33.3. The Bertz CT molecular complexity index is 3120. The zero-order valence-corrected chi connectivity index (χ0v) is 52.5. The lowest BCUT2D eigenvalue weighted by atomic mass is 9.67. The molecule has 2 saturated heterocycles. The molecule has 4 fully saturated rings. The lowest BCUT2D eigenvalue weighted by Crippen LogP contribution is -2.50. The standard InChI is InChI=1S/2C35H43ClN2O6/c2*1-37-13-10-22-11-14-43-31(15-22)27-7-4-24(27)19-38-20-34(12-2-3-23-16-26(36)6-8-28(23)34)21-44-30-9-5-25(17-29(30)38)35(42,33(40)41)18-32(37)39/h2*5-6,8-9,16-17,22,24,27,31,42H,2-4,7,10-15,18-21H2,1H3,(H,40,41)/t22-,24+,27-,31+,34+,35+;22-,24+,27-,31+,34+,35-/m11/s1. The van der Waals surface area contributed by atoms with Gasteiger partial charge in [-0.05, 0) is 220 Å². The van der Waals surface area contributed by atoms with Crippen molar-refractivity contribution in [3.8, 4) is 11.5 Å². The van der Waals surface area contributed by atoms with Gasteiger partial charge >= 0.3 is 11.9 Å². The Balaban J connectivity index is 0.000000162. The van der Waals surface area contributed by atoms with Crippen LogP contribution in [0.5, 0.6) is 11.5 Å². The van der Waals surface area contributed by atoms with Crippen molar-refractivity contribution in [1.29, 1.82) is 0 Å². The van der Waals surface area contributed by atoms with Gasteiger partial charge in [-0.15, -0.1) is 0 Å². The van der Waals surface area contributed by atoms with Gasteiger partial charge in [0.25, 0.3) is 0 Å². The average Bonchev–Trinajstić information content (AvgIpc) is 1.67. The van der Waals surface area contributed by atoms with Crippen LogP contribution in [0.4, 0.5) is 11.4 Å². The maximum Gasteiger partial charge on any atom is 0.340 e. The van der Waals surface area contributed by atoms with Crippen LogP contribution in [0.3, 0.4) is 0 Å². The highest BCUT2D eigenvalue weighted by Gasteiger charge is 2.50. The summed E-state index contributed by atoms with van der Waals surface area (Å²) in [6.07, 6.45) is 15.5. The molecule has 88 heavy (non-hydrogen) atoms. The summed E-state index contributed by atoms with van der Waals surface area (Å²) in [5.41, 5.74) is 1.79. The zero-order valence-electron chi connectivity index (χ0n) is 50.9. The number of rotatable bonds is 2. The fraction of sp³-hybridized carbons (Fsp3) is 0.600. The molecular weight excluding hydrogens is 1160 g/mol. The molecule has 12 atom stereocenters. The predicted octanol–water partition coefficient (Wildman–Crippen LogP) is 10.3. The third-order valence-electron chi connectivity index (χ3n) is 22.8. The molecule has 6 aliphatic heterocycles. The fourth-order valence-corrected chi connectivity index (χ4v) is 17.6. The number of carboxylic acids is 2. The van der Waals surface area contributed by atoms with Crippen molar-refractivity contribution in [3.05, 3.63) is 116 Å². The Hall–Kier alpha value is -5.62. The highest BCUT2D eigenvalue weighted by atomic mass is 35.5. The van der Waals surface area contributed by atoms with Crippen LogP contribution in [0, 0.1) is 35.5 Å². The minimum atomic E-state index is -2.36. The maximum absolute atomic E-state index is 13.3. The van der Waals surface area contributed by atoms with Gasteiger partial charge in [-0.1, -0.05) is 47.5 Å². The van der Waals surface area contributed by atoms with E-state index in [1.54, 1.807) is 60.3 Å². The number of hydrogen-bond acceptors (Lipinski definition) is 12. The number of ether oxygens (including phenoxy) is 4. The van der Waals surface area contributed by atoms with Crippen molar-refractivity contribution in [3.63, 3.8) is 0 Å². The predicted molar refractivity (Wildman–Crippen MR) is 335 cm³/mol. The largest absolute Gasteiger partial charge is 0.490 e. The number of nitrogens with zero attached hydrogens (tertiary/aromatic N) is 4. The summed E-state index contributed by atoms with van der Waals surface area (Å²) in [4.78, 5) is 59.9. The number of aryl methyl sites for hydroxylation is 2. The van der Waals surface area contributed by atoms with Crippen LogP contribution in [0.15, 0.2) is 72.8 Å². The van der Waals surface area contributed by atoms with E-state index in [0.717, 1.165) is 150 Å². The third-order valence-corrected chi connectivity index (χ3v) is 23.3. The summed E-state index contributed by atoms with van der Waals surface area (Å²) in [7, 11) is 3.40. The molecule has 0 unspecified atom stereocenters. The highest BCUT2D eigenvalue weighted by molar-refractivity contribution is 6.31. The van der Waals surface area contributed by atoms with Crippen LogP contribution >= 0.6 is 23.2 Å². The topological polar surface area (TPSA) is 199 Å². The number of fused-ring (bicyclic) bond motifs is 14. The van der Waals surface area contributed by atoms with Crippen LogP contribution in [0.1, 0.15) is 136 Å². The second-order valence-corrected chi connectivity index (χ2v) is 28.9. The lowest BCUT2D eigenvalue weighted by molar-refractivity contribution is -0.164. The number of halogens is 2. The van der Waals surface area contributed by atoms with E-state index in [9.17, 15) is 39.6 Å². The smallest absolute Gasteiger partial charge is 0.340 e. The van der Waals surface area contributed by atoms with Gasteiger partial charge in [0.05, 0.1) is 49.6 Å². The first-order valence-electron chi connectivity index (χ1n) is 32.6. The lowest BCUT2D eigenvalue weighted by Gasteiger charge is -2.48. The summed E-state index contributed by atoms with van der Waals surface area (Å²) in [6.45, 7) is 6.55. The van der Waals surface area contributed by atoms with Crippen molar-refractivity contribution in [2.45, 2.75) is 150 Å². The third kappa shape index (κ3) is 11.7. The molecule has 2 saturated carbocycles. The van der Waals surface area contributed by atoms with Gasteiger partial charge in [0.15, 0.2) is 11.2 Å². The molecular formula is C70H86Cl2N4O12. The van der Waals surface area contributed by atoms with Crippen LogP contribution in [-0.2, 0) is 63.5 Å². The summed E-state index contributed by atoms with van der Waals surface area (Å²) < 4.78 is 26.0. The van der Waals surface area contributed by atoms with Crippen LogP contribution in [0.25, 0.3) is 0 Å². The second-order valence-electron chi connectivity index (χ2n) is 28.1. The second kappa shape index (κ2) is 24.5. The van der Waals surface area contributed by atoms with E-state index < -0.39 is 36.0 Å². The quantitative estimate of drug-likeness (QED) is 0.148. The Morgan fingerprint density at radius 3 is 1.39 bits per heavy atom. The van der Waals surface area contributed by atoms with E-state index in [2.05, 4.69) is 34.1 Å². The number of anilines is 2. The molecule has 10 aliphatic rings. The molecule has 2 amide bonds. The molecule has 0 aromatic heterocycles. The number of amides is 2. The van der Waals surface area contributed by atoms with Crippen LogP contribution in [-0.4, -0.2) is 146 Å². The SMILES string of the molecule is CN1CC[C@@H]2CCO[C@@H](C2)[C@@H]2CC[C@H]2CN2C[C@@]3(CCCc4cc(Cl)ccc43)COc3ccc(cc32)[C@@](O)(C(=O)O)CC1=O.CN1CC[C@@H]2CCO[C@@H](C2)[C@@H]2CC[C@H]2CN2C[C@@]3(CCCc4cc(Cl)ccc43)COc3ccc(cc32)[C@](O)(C(=O)O)CC1=O. The number of aliphatic carboxylic acids is 2. The van der Waals surface area contributed by atoms with E-state index in [0.29, 0.717) is 86.4 Å². The Morgan fingerprint density at radius 1 is 0.557 bits per heavy atom. The number of carbonyl (C=O) groups excluding carboxylic acids is 2. The van der Waals surface area contributed by atoms with Gasteiger partial charge in [-0.25, -0.2) is 9.59 Å². The number of benzene rings is 4. The monoisotopic (exact) mass is 1240 g/mol. The van der Waals surface area contributed by atoms with Gasteiger partial charge < -0.3 is 59.0 Å². The van der Waals surface area contributed by atoms with Gasteiger partial charge in [-0.3, -0.25) is 9.59 Å². The first-order chi connectivity index (χ1) is 42.3. The van der Waals surface area contributed by atoms with Crippen LogP contribution < -0.4 is 19.3 Å². The van der Waals surface area contributed by atoms with E-state index in [1.807, 2.05) is 12.1 Å². The van der Waals surface area contributed by atoms with Crippen molar-refractivity contribution in [2.75, 3.05) is 89.6 Å². The molecule has 2 spiro atoms. The maximum atomic E-state index is 13.3. The van der Waals surface area contributed by atoms with Crippen molar-refractivity contribution < 1.29 is 58.6 Å². The average molecular weight is 1250 g/mol. The van der Waals surface area contributed by atoms with E-state index in [4.69, 9.17) is 42.1 Å². The molecule has 4 aliphatic carbocycles.